The summed E-state index contributed by atoms with van der Waals surface area (Å²) in [5.41, 5.74) is 1.28. The Morgan fingerprint density at radius 3 is 2.73 bits per heavy atom. The van der Waals surface area contributed by atoms with Crippen LogP contribution in [-0.4, -0.2) is 59.7 Å². The standard InChI is InChI=1S/C23H22N4O4S2/c1-33(30,31)17-4-2-3-15(11-17)25-23-24-13-14-5-6-19-18(21(14)26-23)12-20(32-19)22(29)27-9-7-16(28)8-10-27/h2-6,11-13,16,28H,7-10H2,1H3,(H,24,25,26). The second kappa shape index (κ2) is 8.36. The Hall–Kier alpha value is -3.08. The first kappa shape index (κ1) is 21.7. The van der Waals surface area contributed by atoms with Gasteiger partial charge in [-0.2, -0.15) is 0 Å². The Kier molecular flexibility index (Phi) is 5.51. The second-order valence-corrected chi connectivity index (χ2v) is 11.3. The number of aliphatic hydroxyl groups is 1. The number of anilines is 2. The van der Waals surface area contributed by atoms with E-state index in [0.29, 0.717) is 48.0 Å². The molecule has 8 nitrogen and oxygen atoms in total. The summed E-state index contributed by atoms with van der Waals surface area (Å²) in [7, 11) is -3.33. The molecule has 1 aliphatic rings. The van der Waals surface area contributed by atoms with Crippen LogP contribution in [0.4, 0.5) is 11.6 Å². The number of fused-ring (bicyclic) bond motifs is 3. The van der Waals surface area contributed by atoms with Gasteiger partial charge in [-0.05, 0) is 49.2 Å². The van der Waals surface area contributed by atoms with E-state index in [0.717, 1.165) is 21.7 Å². The lowest BCUT2D eigenvalue weighted by Crippen LogP contribution is -2.39. The molecular formula is C23H22N4O4S2. The number of amides is 1. The number of piperidine rings is 1. The van der Waals surface area contributed by atoms with Crippen LogP contribution in [0.25, 0.3) is 21.0 Å². The summed E-state index contributed by atoms with van der Waals surface area (Å²) in [6, 6.07) is 12.3. The number of likely N-dealkylation sites (tertiary alicyclic amines) is 1. The van der Waals surface area contributed by atoms with Gasteiger partial charge in [0.15, 0.2) is 9.84 Å². The molecule has 3 heterocycles. The highest BCUT2D eigenvalue weighted by Gasteiger charge is 2.24. The van der Waals surface area contributed by atoms with E-state index < -0.39 is 9.84 Å². The predicted octanol–water partition coefficient (Wildman–Crippen LogP) is 3.59. The molecule has 0 unspecified atom stereocenters. The Labute approximate surface area is 194 Å². The molecule has 1 amide bonds. The van der Waals surface area contributed by atoms with Gasteiger partial charge in [0, 0.05) is 46.7 Å². The minimum absolute atomic E-state index is 0.0266. The third-order valence-electron chi connectivity index (χ3n) is 5.73. The number of aromatic nitrogens is 2. The highest BCUT2D eigenvalue weighted by atomic mass is 32.2. The summed E-state index contributed by atoms with van der Waals surface area (Å²) in [5, 5.41) is 14.5. The van der Waals surface area contributed by atoms with Crippen molar-refractivity contribution in [2.75, 3.05) is 24.7 Å². The van der Waals surface area contributed by atoms with Gasteiger partial charge in [0.1, 0.15) is 0 Å². The molecule has 5 rings (SSSR count). The van der Waals surface area contributed by atoms with Crippen molar-refractivity contribution in [3.63, 3.8) is 0 Å². The number of rotatable bonds is 4. The molecule has 0 radical (unpaired) electrons. The van der Waals surface area contributed by atoms with E-state index in [2.05, 4.69) is 15.3 Å². The molecule has 0 aliphatic carbocycles. The van der Waals surface area contributed by atoms with Crippen molar-refractivity contribution in [1.29, 1.82) is 0 Å². The quantitative estimate of drug-likeness (QED) is 0.457. The lowest BCUT2D eigenvalue weighted by Gasteiger charge is -2.29. The van der Waals surface area contributed by atoms with Crippen LogP contribution in [0.1, 0.15) is 22.5 Å². The molecule has 33 heavy (non-hydrogen) atoms. The van der Waals surface area contributed by atoms with Gasteiger partial charge in [0.2, 0.25) is 5.95 Å². The van der Waals surface area contributed by atoms with Crippen molar-refractivity contribution >= 4 is 59.7 Å². The predicted molar refractivity (Wildman–Crippen MR) is 129 cm³/mol. The molecule has 1 aliphatic heterocycles. The molecule has 0 spiro atoms. The highest BCUT2D eigenvalue weighted by Crippen LogP contribution is 2.33. The summed E-state index contributed by atoms with van der Waals surface area (Å²) in [5.74, 6) is 0.311. The average molecular weight is 483 g/mol. The number of aliphatic hydroxyl groups excluding tert-OH is 1. The zero-order valence-corrected chi connectivity index (χ0v) is 19.5. The number of thiophene rings is 1. The minimum atomic E-state index is -3.33. The smallest absolute Gasteiger partial charge is 0.263 e. The van der Waals surface area contributed by atoms with Gasteiger partial charge in [-0.3, -0.25) is 4.79 Å². The fraction of sp³-hybridized carbons (Fsp3) is 0.261. The number of carbonyl (C=O) groups excluding carboxylic acids is 1. The Morgan fingerprint density at radius 1 is 1.18 bits per heavy atom. The van der Waals surface area contributed by atoms with E-state index in [1.165, 1.54) is 17.4 Å². The Morgan fingerprint density at radius 2 is 1.97 bits per heavy atom. The van der Waals surface area contributed by atoms with Gasteiger partial charge in [0.25, 0.3) is 5.91 Å². The third kappa shape index (κ3) is 4.41. The summed E-state index contributed by atoms with van der Waals surface area (Å²) in [6.07, 6.45) is 3.73. The second-order valence-electron chi connectivity index (χ2n) is 8.17. The molecular weight excluding hydrogens is 460 g/mol. The molecule has 2 aromatic carbocycles. The van der Waals surface area contributed by atoms with Crippen LogP contribution in [0.3, 0.4) is 0 Å². The van der Waals surface area contributed by atoms with Gasteiger partial charge in [0.05, 0.1) is 21.4 Å². The SMILES string of the molecule is CS(=O)(=O)c1cccc(Nc2ncc3ccc4sc(C(=O)N5CCC(O)CC5)cc4c3n2)c1. The Bertz CT molecular complexity index is 1470. The maximum atomic E-state index is 13.0. The monoisotopic (exact) mass is 482 g/mol. The third-order valence-corrected chi connectivity index (χ3v) is 7.93. The topological polar surface area (TPSA) is 112 Å². The van der Waals surface area contributed by atoms with E-state index in [1.54, 1.807) is 29.3 Å². The van der Waals surface area contributed by atoms with Crippen LogP contribution in [-0.2, 0) is 9.84 Å². The largest absolute Gasteiger partial charge is 0.393 e. The van der Waals surface area contributed by atoms with E-state index in [-0.39, 0.29) is 16.9 Å². The van der Waals surface area contributed by atoms with E-state index in [4.69, 9.17) is 0 Å². The fourth-order valence-corrected chi connectivity index (χ4v) is 5.63. The van der Waals surface area contributed by atoms with Gasteiger partial charge in [-0.25, -0.2) is 18.4 Å². The first-order chi connectivity index (χ1) is 15.8. The molecule has 2 aromatic heterocycles. The van der Waals surface area contributed by atoms with Gasteiger partial charge in [-0.15, -0.1) is 11.3 Å². The molecule has 0 saturated carbocycles. The van der Waals surface area contributed by atoms with Crippen molar-refractivity contribution in [1.82, 2.24) is 14.9 Å². The Balaban J connectivity index is 1.48. The minimum Gasteiger partial charge on any atom is -0.393 e. The normalized spacial score (nSPS) is 15.3. The van der Waals surface area contributed by atoms with Crippen LogP contribution in [0.5, 0.6) is 0 Å². The molecule has 10 heteroatoms. The maximum absolute atomic E-state index is 13.0. The number of hydrogen-bond acceptors (Lipinski definition) is 8. The molecule has 1 fully saturated rings. The van der Waals surface area contributed by atoms with Crippen molar-refractivity contribution in [3.8, 4) is 0 Å². The molecule has 1 saturated heterocycles. The number of nitrogens with zero attached hydrogens (tertiary/aromatic N) is 3. The van der Waals surface area contributed by atoms with Crippen molar-refractivity contribution < 1.29 is 18.3 Å². The van der Waals surface area contributed by atoms with Gasteiger partial charge < -0.3 is 15.3 Å². The van der Waals surface area contributed by atoms with Crippen LogP contribution in [0.15, 0.2) is 53.6 Å². The molecule has 4 aromatic rings. The number of nitrogens with one attached hydrogen (secondary N) is 1. The number of sulfone groups is 1. The molecule has 0 atom stereocenters. The van der Waals surface area contributed by atoms with E-state index in [1.807, 2.05) is 18.2 Å². The van der Waals surface area contributed by atoms with Crippen molar-refractivity contribution in [3.05, 3.63) is 53.5 Å². The first-order valence-electron chi connectivity index (χ1n) is 10.5. The summed E-state index contributed by atoms with van der Waals surface area (Å²) in [6.45, 7) is 1.11. The van der Waals surface area contributed by atoms with E-state index in [9.17, 15) is 18.3 Å². The highest BCUT2D eigenvalue weighted by molar-refractivity contribution is 7.90. The van der Waals surface area contributed by atoms with Crippen LogP contribution in [0, 0.1) is 0 Å². The number of benzene rings is 2. The van der Waals surface area contributed by atoms with E-state index >= 15 is 0 Å². The lowest BCUT2D eigenvalue weighted by atomic mass is 10.1. The first-order valence-corrected chi connectivity index (χ1v) is 13.2. The summed E-state index contributed by atoms with van der Waals surface area (Å²) < 4.78 is 24.6. The number of carbonyl (C=O) groups is 1. The molecule has 0 bridgehead atoms. The summed E-state index contributed by atoms with van der Waals surface area (Å²) >= 11 is 1.43. The zero-order chi connectivity index (χ0) is 23.2. The van der Waals surface area contributed by atoms with Crippen molar-refractivity contribution in [2.45, 2.75) is 23.8 Å². The van der Waals surface area contributed by atoms with Crippen LogP contribution < -0.4 is 5.32 Å². The van der Waals surface area contributed by atoms with Crippen LogP contribution >= 0.6 is 11.3 Å². The fourth-order valence-electron chi connectivity index (χ4n) is 3.93. The molecule has 2 N–H and O–H groups in total. The molecule has 170 valence electrons. The van der Waals surface area contributed by atoms with Crippen molar-refractivity contribution in [2.24, 2.45) is 0 Å². The lowest BCUT2D eigenvalue weighted by molar-refractivity contribution is 0.0551. The number of hydrogen-bond donors (Lipinski definition) is 2. The van der Waals surface area contributed by atoms with Gasteiger partial charge in [-0.1, -0.05) is 6.07 Å². The zero-order valence-electron chi connectivity index (χ0n) is 17.9. The van der Waals surface area contributed by atoms with Crippen LogP contribution in [0.2, 0.25) is 0 Å². The average Bonchev–Trinajstić information content (AvgIpc) is 3.24. The maximum Gasteiger partial charge on any atom is 0.263 e. The summed E-state index contributed by atoms with van der Waals surface area (Å²) in [4.78, 5) is 24.7. The van der Waals surface area contributed by atoms with Gasteiger partial charge >= 0.3 is 0 Å².